The number of ether oxygens (including phenoxy) is 1. The van der Waals surface area contributed by atoms with Crippen LogP contribution in [-0.2, 0) is 18.2 Å². The summed E-state index contributed by atoms with van der Waals surface area (Å²) in [5.74, 6) is 1.06. The molecule has 78 valence electrons. The van der Waals surface area contributed by atoms with Crippen molar-refractivity contribution in [3.8, 4) is 0 Å². The minimum Gasteiger partial charge on any atom is -0.393 e. The second-order valence-electron chi connectivity index (χ2n) is 3.70. The van der Waals surface area contributed by atoms with Gasteiger partial charge in [-0.25, -0.2) is 4.98 Å². The summed E-state index contributed by atoms with van der Waals surface area (Å²) in [6.07, 6.45) is 2.73. The Labute approximate surface area is 82.7 Å². The number of nitrogens with zero attached hydrogens (tertiary/aromatic N) is 3. The molecular weight excluding hydrogens is 182 g/mol. The summed E-state index contributed by atoms with van der Waals surface area (Å²) in [5, 5.41) is 13.7. The molecule has 2 rings (SSSR count). The molecule has 0 aliphatic carbocycles. The van der Waals surface area contributed by atoms with E-state index in [1.54, 1.807) is 4.68 Å². The number of aliphatic hydroxyl groups excluding tert-OH is 1. The predicted octanol–water partition coefficient (Wildman–Crippen LogP) is -0.245. The van der Waals surface area contributed by atoms with Gasteiger partial charge in [0.25, 0.3) is 0 Å². The number of aryl methyl sites for hydroxylation is 1. The lowest BCUT2D eigenvalue weighted by Crippen LogP contribution is -2.33. The Hall–Kier alpha value is -0.940. The Kier molecular flexibility index (Phi) is 2.79. The third kappa shape index (κ3) is 1.93. The molecule has 1 aromatic rings. The normalized spacial score (nSPS) is 27.9. The minimum atomic E-state index is -0.263. The standard InChI is InChI=1S/C9H15N3O2/c1-12-9(10-6-11-12)4-7-5-14-3-2-8(7)13/h6-8,13H,2-5H2,1H3. The molecule has 2 heterocycles. The number of rotatable bonds is 2. The van der Waals surface area contributed by atoms with Crippen LogP contribution in [0.2, 0.25) is 0 Å². The summed E-state index contributed by atoms with van der Waals surface area (Å²) >= 11 is 0. The molecule has 0 spiro atoms. The fraction of sp³-hybridized carbons (Fsp3) is 0.778. The Morgan fingerprint density at radius 1 is 1.71 bits per heavy atom. The smallest absolute Gasteiger partial charge is 0.138 e. The van der Waals surface area contributed by atoms with E-state index in [-0.39, 0.29) is 12.0 Å². The molecule has 2 unspecified atom stereocenters. The molecule has 1 fully saturated rings. The van der Waals surface area contributed by atoms with Crippen LogP contribution >= 0.6 is 0 Å². The largest absolute Gasteiger partial charge is 0.393 e. The zero-order valence-corrected chi connectivity index (χ0v) is 8.26. The average Bonchev–Trinajstić information content (AvgIpc) is 2.56. The molecule has 0 amide bonds. The van der Waals surface area contributed by atoms with Crippen molar-refractivity contribution in [2.75, 3.05) is 13.2 Å². The molecule has 0 saturated carbocycles. The Balaban J connectivity index is 1.99. The van der Waals surface area contributed by atoms with Crippen molar-refractivity contribution in [2.24, 2.45) is 13.0 Å². The van der Waals surface area contributed by atoms with Crippen LogP contribution in [0.1, 0.15) is 12.2 Å². The van der Waals surface area contributed by atoms with Crippen molar-refractivity contribution >= 4 is 0 Å². The first-order valence-corrected chi connectivity index (χ1v) is 4.86. The van der Waals surface area contributed by atoms with Gasteiger partial charge in [0.05, 0.1) is 12.7 Å². The van der Waals surface area contributed by atoms with E-state index >= 15 is 0 Å². The fourth-order valence-electron chi connectivity index (χ4n) is 1.72. The molecule has 1 aliphatic heterocycles. The molecule has 1 aromatic heterocycles. The molecule has 1 N–H and O–H groups in total. The molecule has 14 heavy (non-hydrogen) atoms. The third-order valence-electron chi connectivity index (χ3n) is 2.68. The fourth-order valence-corrected chi connectivity index (χ4v) is 1.72. The highest BCUT2D eigenvalue weighted by atomic mass is 16.5. The van der Waals surface area contributed by atoms with E-state index < -0.39 is 0 Å². The summed E-state index contributed by atoms with van der Waals surface area (Å²) in [6.45, 7) is 1.28. The summed E-state index contributed by atoms with van der Waals surface area (Å²) in [6, 6.07) is 0. The van der Waals surface area contributed by atoms with Gasteiger partial charge < -0.3 is 9.84 Å². The molecule has 1 aliphatic rings. The topological polar surface area (TPSA) is 60.2 Å². The summed E-state index contributed by atoms with van der Waals surface area (Å²) < 4.78 is 7.06. The van der Waals surface area contributed by atoms with E-state index in [0.29, 0.717) is 13.2 Å². The molecule has 5 heteroatoms. The average molecular weight is 197 g/mol. The van der Waals surface area contributed by atoms with E-state index in [1.165, 1.54) is 6.33 Å². The second kappa shape index (κ2) is 4.06. The maximum atomic E-state index is 9.72. The maximum absolute atomic E-state index is 9.72. The Morgan fingerprint density at radius 2 is 2.57 bits per heavy atom. The summed E-state index contributed by atoms with van der Waals surface area (Å²) in [4.78, 5) is 4.13. The Bertz CT molecular complexity index is 300. The van der Waals surface area contributed by atoms with Crippen LogP contribution in [0.4, 0.5) is 0 Å². The quantitative estimate of drug-likeness (QED) is 0.710. The monoisotopic (exact) mass is 197 g/mol. The lowest BCUT2D eigenvalue weighted by Gasteiger charge is -2.27. The third-order valence-corrected chi connectivity index (χ3v) is 2.68. The molecule has 0 radical (unpaired) electrons. The van der Waals surface area contributed by atoms with E-state index in [1.807, 2.05) is 7.05 Å². The van der Waals surface area contributed by atoms with Crippen LogP contribution in [-0.4, -0.2) is 39.2 Å². The van der Waals surface area contributed by atoms with E-state index in [4.69, 9.17) is 4.74 Å². The van der Waals surface area contributed by atoms with Crippen LogP contribution in [0, 0.1) is 5.92 Å². The van der Waals surface area contributed by atoms with Crippen molar-refractivity contribution in [2.45, 2.75) is 18.9 Å². The molecule has 1 saturated heterocycles. The molecule has 2 atom stereocenters. The van der Waals surface area contributed by atoms with Gasteiger partial charge in [-0.2, -0.15) is 5.10 Å². The van der Waals surface area contributed by atoms with Crippen molar-refractivity contribution in [3.63, 3.8) is 0 Å². The van der Waals surface area contributed by atoms with Crippen LogP contribution in [0.15, 0.2) is 6.33 Å². The number of aromatic nitrogens is 3. The first-order chi connectivity index (χ1) is 6.77. The van der Waals surface area contributed by atoms with Crippen molar-refractivity contribution in [3.05, 3.63) is 12.2 Å². The highest BCUT2D eigenvalue weighted by molar-refractivity contribution is 4.89. The van der Waals surface area contributed by atoms with Gasteiger partial charge in [-0.3, -0.25) is 4.68 Å². The number of aliphatic hydroxyl groups is 1. The van der Waals surface area contributed by atoms with Gasteiger partial charge in [0.1, 0.15) is 12.2 Å². The van der Waals surface area contributed by atoms with Gasteiger partial charge in [0, 0.05) is 26.0 Å². The first kappa shape index (κ1) is 9.61. The van der Waals surface area contributed by atoms with Crippen LogP contribution < -0.4 is 0 Å². The lowest BCUT2D eigenvalue weighted by molar-refractivity contribution is -0.0359. The predicted molar refractivity (Wildman–Crippen MR) is 49.6 cm³/mol. The van der Waals surface area contributed by atoms with Gasteiger partial charge >= 0.3 is 0 Å². The van der Waals surface area contributed by atoms with E-state index in [0.717, 1.165) is 18.7 Å². The van der Waals surface area contributed by atoms with Crippen molar-refractivity contribution in [1.82, 2.24) is 14.8 Å². The Morgan fingerprint density at radius 3 is 3.21 bits per heavy atom. The van der Waals surface area contributed by atoms with Gasteiger partial charge in [0.15, 0.2) is 0 Å². The second-order valence-corrected chi connectivity index (χ2v) is 3.70. The van der Waals surface area contributed by atoms with Crippen LogP contribution in [0.3, 0.4) is 0 Å². The highest BCUT2D eigenvalue weighted by Crippen LogP contribution is 2.18. The molecular formula is C9H15N3O2. The van der Waals surface area contributed by atoms with Crippen LogP contribution in [0.25, 0.3) is 0 Å². The van der Waals surface area contributed by atoms with Gasteiger partial charge in [0.2, 0.25) is 0 Å². The molecule has 0 bridgehead atoms. The van der Waals surface area contributed by atoms with Gasteiger partial charge in [-0.15, -0.1) is 0 Å². The zero-order chi connectivity index (χ0) is 9.97. The van der Waals surface area contributed by atoms with Crippen molar-refractivity contribution < 1.29 is 9.84 Å². The summed E-state index contributed by atoms with van der Waals surface area (Å²) in [7, 11) is 1.86. The van der Waals surface area contributed by atoms with E-state index in [9.17, 15) is 5.11 Å². The highest BCUT2D eigenvalue weighted by Gasteiger charge is 2.25. The zero-order valence-electron chi connectivity index (χ0n) is 8.26. The molecule has 5 nitrogen and oxygen atoms in total. The SMILES string of the molecule is Cn1ncnc1CC1COCCC1O. The van der Waals surface area contributed by atoms with Crippen LogP contribution in [0.5, 0.6) is 0 Å². The number of hydrogen-bond acceptors (Lipinski definition) is 4. The maximum Gasteiger partial charge on any atom is 0.138 e. The lowest BCUT2D eigenvalue weighted by atomic mass is 9.95. The summed E-state index contributed by atoms with van der Waals surface area (Å²) in [5.41, 5.74) is 0. The first-order valence-electron chi connectivity index (χ1n) is 4.86. The number of hydrogen-bond donors (Lipinski definition) is 1. The van der Waals surface area contributed by atoms with Gasteiger partial charge in [-0.1, -0.05) is 0 Å². The van der Waals surface area contributed by atoms with Gasteiger partial charge in [-0.05, 0) is 6.42 Å². The molecule has 0 aromatic carbocycles. The van der Waals surface area contributed by atoms with Crippen molar-refractivity contribution in [1.29, 1.82) is 0 Å². The van der Waals surface area contributed by atoms with E-state index in [2.05, 4.69) is 10.1 Å². The minimum absolute atomic E-state index is 0.159.